The molecule has 1 rings (SSSR count). The standard InChI is InChI=1S/C12H15N7O8/c1-2-27-11(20)10(18(23)24)9(14-15-12(13)16-19(25)26)7-3-5-8(6-4-7)17(21)22/h3-6,9-10,14H,2H2,1H3,(H3,13,15,16). The summed E-state index contributed by atoms with van der Waals surface area (Å²) in [6, 6.07) is 1.06. The van der Waals surface area contributed by atoms with E-state index in [4.69, 9.17) is 5.73 Å². The van der Waals surface area contributed by atoms with E-state index in [-0.39, 0.29) is 17.9 Å². The molecule has 1 aromatic carbocycles. The molecule has 0 radical (unpaired) electrons. The lowest BCUT2D eigenvalue weighted by Gasteiger charge is -2.21. The van der Waals surface area contributed by atoms with Gasteiger partial charge in [0.15, 0.2) is 5.03 Å². The highest BCUT2D eigenvalue weighted by Crippen LogP contribution is 2.22. The van der Waals surface area contributed by atoms with Gasteiger partial charge in [0.25, 0.3) is 11.6 Å². The van der Waals surface area contributed by atoms with Gasteiger partial charge in [0.1, 0.15) is 11.1 Å². The molecule has 4 N–H and O–H groups in total. The van der Waals surface area contributed by atoms with Crippen molar-refractivity contribution in [1.82, 2.24) is 10.9 Å². The number of benzene rings is 1. The number of ether oxygens (including phenoxy) is 1. The van der Waals surface area contributed by atoms with Crippen molar-refractivity contribution in [3.05, 3.63) is 60.2 Å². The Hall–Kier alpha value is -3.88. The predicted molar refractivity (Wildman–Crippen MR) is 88.1 cm³/mol. The third kappa shape index (κ3) is 6.16. The van der Waals surface area contributed by atoms with Crippen molar-refractivity contribution in [2.45, 2.75) is 19.0 Å². The Morgan fingerprint density at radius 1 is 1.22 bits per heavy atom. The maximum absolute atomic E-state index is 12.0. The molecule has 0 bridgehead atoms. The summed E-state index contributed by atoms with van der Waals surface area (Å²) in [4.78, 5) is 42.8. The molecule has 0 saturated heterocycles. The molecule has 146 valence electrons. The molecule has 27 heavy (non-hydrogen) atoms. The second kappa shape index (κ2) is 9.56. The summed E-state index contributed by atoms with van der Waals surface area (Å²) in [6.07, 6.45) is 0. The number of guanidine groups is 1. The van der Waals surface area contributed by atoms with E-state index in [1.807, 2.05) is 0 Å². The predicted octanol–water partition coefficient (Wildman–Crippen LogP) is -0.555. The van der Waals surface area contributed by atoms with Crippen molar-refractivity contribution in [1.29, 1.82) is 0 Å². The maximum atomic E-state index is 12.0. The highest BCUT2D eigenvalue weighted by atomic mass is 16.7. The summed E-state index contributed by atoms with van der Waals surface area (Å²) in [5.74, 6) is -1.93. The molecule has 0 fully saturated rings. The second-order valence-electron chi connectivity index (χ2n) is 4.80. The fraction of sp³-hybridized carbons (Fsp3) is 0.333. The average molecular weight is 385 g/mol. The highest BCUT2D eigenvalue weighted by Gasteiger charge is 2.41. The summed E-state index contributed by atoms with van der Waals surface area (Å²) in [7, 11) is 0. The number of esters is 1. The lowest BCUT2D eigenvalue weighted by Crippen LogP contribution is -2.51. The number of carbonyl (C=O) groups is 1. The van der Waals surface area contributed by atoms with Gasteiger partial charge in [0.2, 0.25) is 0 Å². The number of nitro benzene ring substituents is 1. The molecule has 0 aliphatic carbocycles. The van der Waals surface area contributed by atoms with Crippen LogP contribution in [-0.4, -0.2) is 39.5 Å². The van der Waals surface area contributed by atoms with Crippen molar-refractivity contribution in [2.75, 3.05) is 6.61 Å². The number of hydrazone groups is 1. The van der Waals surface area contributed by atoms with Crippen LogP contribution in [0.3, 0.4) is 0 Å². The summed E-state index contributed by atoms with van der Waals surface area (Å²) in [6.45, 7) is 1.32. The Labute approximate surface area is 150 Å². The molecule has 0 heterocycles. The SMILES string of the molecule is CCOC(=O)C(C(NNC(N)=N[N+](=O)[O-])c1ccc([N+](=O)[O-])cc1)[N+](=O)[O-]. The van der Waals surface area contributed by atoms with E-state index >= 15 is 0 Å². The van der Waals surface area contributed by atoms with Crippen molar-refractivity contribution < 1.29 is 24.4 Å². The van der Waals surface area contributed by atoms with Gasteiger partial charge in [0, 0.05) is 17.1 Å². The van der Waals surface area contributed by atoms with E-state index in [9.17, 15) is 35.1 Å². The van der Waals surface area contributed by atoms with Gasteiger partial charge in [0.05, 0.1) is 11.5 Å². The molecule has 1 aromatic rings. The lowest BCUT2D eigenvalue weighted by atomic mass is 10.00. The Morgan fingerprint density at radius 2 is 1.81 bits per heavy atom. The number of hydrogen-bond donors (Lipinski definition) is 3. The van der Waals surface area contributed by atoms with E-state index in [0.29, 0.717) is 0 Å². The monoisotopic (exact) mass is 385 g/mol. The summed E-state index contributed by atoms with van der Waals surface area (Å²) >= 11 is 0. The van der Waals surface area contributed by atoms with Gasteiger partial charge in [-0.3, -0.25) is 25.7 Å². The van der Waals surface area contributed by atoms with Gasteiger partial charge in [-0.1, -0.05) is 12.1 Å². The van der Waals surface area contributed by atoms with Gasteiger partial charge in [-0.2, -0.15) is 0 Å². The Morgan fingerprint density at radius 3 is 2.26 bits per heavy atom. The topological polar surface area (TPSA) is 218 Å². The largest absolute Gasteiger partial charge is 0.461 e. The van der Waals surface area contributed by atoms with Crippen LogP contribution in [0.5, 0.6) is 0 Å². The van der Waals surface area contributed by atoms with Crippen LogP contribution in [0.4, 0.5) is 5.69 Å². The van der Waals surface area contributed by atoms with Crippen LogP contribution in [-0.2, 0) is 9.53 Å². The first-order chi connectivity index (χ1) is 12.7. The minimum Gasteiger partial charge on any atom is -0.461 e. The molecule has 0 aromatic heterocycles. The van der Waals surface area contributed by atoms with Crippen LogP contribution in [0, 0.1) is 30.3 Å². The van der Waals surface area contributed by atoms with Crippen LogP contribution in [0.2, 0.25) is 0 Å². The smallest absolute Gasteiger partial charge is 0.383 e. The minimum absolute atomic E-state index is 0.0803. The van der Waals surface area contributed by atoms with Crippen molar-refractivity contribution >= 4 is 17.6 Å². The van der Waals surface area contributed by atoms with E-state index < -0.39 is 38.9 Å². The highest BCUT2D eigenvalue weighted by molar-refractivity contribution is 5.77. The Balaban J connectivity index is 3.24. The van der Waals surface area contributed by atoms with Crippen LogP contribution < -0.4 is 16.6 Å². The van der Waals surface area contributed by atoms with Crippen LogP contribution in [0.1, 0.15) is 18.5 Å². The zero-order valence-corrected chi connectivity index (χ0v) is 13.8. The molecule has 0 spiro atoms. The summed E-state index contributed by atoms with van der Waals surface area (Å²) in [5.41, 5.74) is 9.39. The van der Waals surface area contributed by atoms with Crippen LogP contribution in [0.25, 0.3) is 0 Å². The number of nitro groups is 3. The van der Waals surface area contributed by atoms with Crippen molar-refractivity contribution in [3.63, 3.8) is 0 Å². The minimum atomic E-state index is -1.98. The number of carbonyl (C=O) groups excluding carboxylic acids is 1. The van der Waals surface area contributed by atoms with Crippen LogP contribution >= 0.6 is 0 Å². The number of nitrogens with one attached hydrogen (secondary N) is 2. The molecule has 15 heteroatoms. The quantitative estimate of drug-likeness (QED) is 0.161. The number of non-ortho nitro benzene ring substituents is 1. The maximum Gasteiger partial charge on any atom is 0.383 e. The van der Waals surface area contributed by atoms with Gasteiger partial charge in [-0.25, -0.2) is 20.3 Å². The normalized spacial score (nSPS) is 13.3. The zero-order valence-electron chi connectivity index (χ0n) is 13.8. The number of rotatable bonds is 9. The van der Waals surface area contributed by atoms with Crippen LogP contribution in [0.15, 0.2) is 29.4 Å². The summed E-state index contributed by atoms with van der Waals surface area (Å²) in [5, 5.41) is 34.0. The molecule has 0 saturated carbocycles. The molecule has 0 aliphatic rings. The lowest BCUT2D eigenvalue weighted by molar-refractivity contribution is -0.516. The first-order valence-electron chi connectivity index (χ1n) is 7.21. The number of hydrazine groups is 1. The van der Waals surface area contributed by atoms with E-state index in [1.54, 1.807) is 0 Å². The number of nitrogens with zero attached hydrogens (tertiary/aromatic N) is 4. The molecule has 0 aliphatic heterocycles. The molecule has 0 amide bonds. The van der Waals surface area contributed by atoms with Crippen molar-refractivity contribution in [2.24, 2.45) is 10.8 Å². The molecular formula is C12H15N7O8. The third-order valence-electron chi connectivity index (χ3n) is 3.08. The molecule has 15 nitrogen and oxygen atoms in total. The molecule has 2 atom stereocenters. The molecule has 2 unspecified atom stereocenters. The first kappa shape index (κ1) is 21.2. The molecular weight excluding hydrogens is 370 g/mol. The van der Waals surface area contributed by atoms with Gasteiger partial charge >= 0.3 is 12.0 Å². The van der Waals surface area contributed by atoms with Gasteiger partial charge < -0.3 is 10.5 Å². The fourth-order valence-corrected chi connectivity index (χ4v) is 1.98. The first-order valence-corrected chi connectivity index (χ1v) is 7.21. The summed E-state index contributed by atoms with van der Waals surface area (Å²) < 4.78 is 4.67. The van der Waals surface area contributed by atoms with E-state index in [0.717, 1.165) is 12.1 Å². The second-order valence-corrected chi connectivity index (χ2v) is 4.80. The van der Waals surface area contributed by atoms with E-state index in [1.165, 1.54) is 19.1 Å². The van der Waals surface area contributed by atoms with E-state index in [2.05, 4.69) is 20.7 Å². The fourth-order valence-electron chi connectivity index (χ4n) is 1.98. The number of hydrogen-bond acceptors (Lipinski definition) is 9. The third-order valence-corrected chi connectivity index (χ3v) is 3.08. The Kier molecular flexibility index (Phi) is 7.50. The van der Waals surface area contributed by atoms with Gasteiger partial charge in [-0.15, -0.1) is 0 Å². The Bertz CT molecular complexity index is 751. The van der Waals surface area contributed by atoms with Crippen molar-refractivity contribution in [3.8, 4) is 0 Å². The average Bonchev–Trinajstić information content (AvgIpc) is 2.57. The number of nitrogens with two attached hydrogens (primary N) is 1. The zero-order chi connectivity index (χ0) is 20.6. The van der Waals surface area contributed by atoms with Gasteiger partial charge in [-0.05, 0) is 12.5 Å².